The van der Waals surface area contributed by atoms with Gasteiger partial charge in [-0.15, -0.1) is 0 Å². The summed E-state index contributed by atoms with van der Waals surface area (Å²) in [7, 11) is 0. The fourth-order valence-electron chi connectivity index (χ4n) is 21.5. The fraction of sp³-hybridized carbons (Fsp3) is 0.0169. The van der Waals surface area contributed by atoms with Gasteiger partial charge in [-0.1, -0.05) is 328 Å². The normalized spacial score (nSPS) is 13.0. The van der Waals surface area contributed by atoms with E-state index in [2.05, 4.69) is 479 Å². The number of hydrogen-bond acceptors (Lipinski definition) is 0. The SMILES string of the molecule is c1ccc(-n2c3ccc(-c4ccc5c(c4)c4ccccc4n5-c4ccc5ccccc5c4)cc3c3cc4c(cc32)-c2ccccc2C4(c2ccccc2)c2ccccc2)cc1.c1ccc(-n2c3ccc(-c4ccc5c(c4)c4ccccc4n5-c4ccc5ccccc5c4)cc3c3cc4c(cc32)C(c2ccccc2)(c2ccccc2)c2ccccc2-4)cc1. The maximum atomic E-state index is 2.52. The Bertz CT molecular complexity index is 8270. The van der Waals surface area contributed by atoms with Crippen LogP contribution in [0.4, 0.5) is 0 Å². The van der Waals surface area contributed by atoms with Crippen molar-refractivity contribution in [2.75, 3.05) is 0 Å². The van der Waals surface area contributed by atoms with Crippen LogP contribution in [0.2, 0.25) is 0 Å². The molecule has 0 spiro atoms. The number of fused-ring (bicyclic) bond motifs is 20. The predicted molar refractivity (Wildman–Crippen MR) is 511 cm³/mol. The molecule has 0 amide bonds. The Balaban J connectivity index is 0.000000134. The van der Waals surface area contributed by atoms with Gasteiger partial charge in [0, 0.05) is 65.8 Å². The summed E-state index contributed by atoms with van der Waals surface area (Å²) >= 11 is 0. The third-order valence-electron chi connectivity index (χ3n) is 26.7. The van der Waals surface area contributed by atoms with Gasteiger partial charge in [0.05, 0.1) is 55.0 Å². The minimum atomic E-state index is -0.480. The maximum absolute atomic E-state index is 2.52. The van der Waals surface area contributed by atoms with Crippen molar-refractivity contribution in [3.63, 3.8) is 0 Å². The first-order valence-electron chi connectivity index (χ1n) is 42.3. The zero-order valence-corrected chi connectivity index (χ0v) is 66.7. The van der Waals surface area contributed by atoms with E-state index in [0.717, 1.165) is 11.4 Å². The number of benzene rings is 20. The molecule has 2 aliphatic rings. The summed E-state index contributed by atoms with van der Waals surface area (Å²) in [6, 6.07) is 171. The van der Waals surface area contributed by atoms with E-state index in [9.17, 15) is 0 Å². The van der Waals surface area contributed by atoms with E-state index in [1.54, 1.807) is 0 Å². The quantitative estimate of drug-likeness (QED) is 0.130. The maximum Gasteiger partial charge on any atom is 0.0714 e. The van der Waals surface area contributed by atoms with Crippen molar-refractivity contribution in [3.05, 3.63) is 506 Å². The van der Waals surface area contributed by atoms with Crippen molar-refractivity contribution in [1.29, 1.82) is 0 Å². The molecule has 0 unspecified atom stereocenters. The molecule has 0 radical (unpaired) electrons. The Morgan fingerprint density at radius 2 is 0.426 bits per heavy atom. The molecule has 24 aromatic rings. The van der Waals surface area contributed by atoms with E-state index < -0.39 is 10.8 Å². The Kier molecular flexibility index (Phi) is 15.5. The van der Waals surface area contributed by atoms with E-state index >= 15 is 0 Å². The highest BCUT2D eigenvalue weighted by Gasteiger charge is 2.48. The van der Waals surface area contributed by atoms with Crippen LogP contribution in [0.1, 0.15) is 44.5 Å². The van der Waals surface area contributed by atoms with E-state index in [1.807, 2.05) is 0 Å². The van der Waals surface area contributed by atoms with E-state index in [4.69, 9.17) is 0 Å². The third kappa shape index (κ3) is 10.3. The number of aromatic nitrogens is 4. The number of para-hydroxylation sites is 4. The number of nitrogens with zero attached hydrogens (tertiary/aromatic N) is 4. The van der Waals surface area contributed by atoms with Gasteiger partial charge in [-0.2, -0.15) is 0 Å². The lowest BCUT2D eigenvalue weighted by Crippen LogP contribution is -2.28. The molecule has 2 aliphatic carbocycles. The van der Waals surface area contributed by atoms with Gasteiger partial charge in [0.15, 0.2) is 0 Å². The molecule has 0 bridgehead atoms. The summed E-state index contributed by atoms with van der Waals surface area (Å²) in [6.45, 7) is 0. The second-order valence-corrected chi connectivity index (χ2v) is 32.9. The largest absolute Gasteiger partial charge is 0.309 e. The fourth-order valence-corrected chi connectivity index (χ4v) is 21.5. The smallest absolute Gasteiger partial charge is 0.0714 e. The first kappa shape index (κ1) is 69.3. The zero-order valence-electron chi connectivity index (χ0n) is 66.7. The second-order valence-electron chi connectivity index (χ2n) is 32.9. The van der Waals surface area contributed by atoms with Gasteiger partial charge in [0.25, 0.3) is 0 Å². The van der Waals surface area contributed by atoms with Gasteiger partial charge in [-0.05, 0) is 244 Å². The van der Waals surface area contributed by atoms with Crippen molar-refractivity contribution in [3.8, 4) is 67.3 Å². The van der Waals surface area contributed by atoms with E-state index in [1.165, 1.54) is 209 Å². The Labute approximate surface area is 705 Å². The van der Waals surface area contributed by atoms with Gasteiger partial charge in [-0.25, -0.2) is 0 Å². The molecule has 122 heavy (non-hydrogen) atoms. The molecule has 0 fully saturated rings. The van der Waals surface area contributed by atoms with Crippen molar-refractivity contribution in [2.24, 2.45) is 0 Å². The Morgan fingerprint density at radius 1 is 0.139 bits per heavy atom. The molecule has 0 aliphatic heterocycles. The Hall–Kier alpha value is -15.9. The molecule has 4 heteroatoms. The lowest BCUT2D eigenvalue weighted by Gasteiger charge is -2.34. The van der Waals surface area contributed by atoms with Gasteiger partial charge < -0.3 is 18.3 Å². The molecule has 20 aromatic carbocycles. The van der Waals surface area contributed by atoms with Crippen molar-refractivity contribution in [1.82, 2.24) is 18.3 Å². The molecule has 0 N–H and O–H groups in total. The van der Waals surface area contributed by atoms with E-state index in [-0.39, 0.29) is 0 Å². The predicted octanol–water partition coefficient (Wildman–Crippen LogP) is 30.1. The molecule has 0 saturated carbocycles. The summed E-state index contributed by atoms with van der Waals surface area (Å²) in [5.74, 6) is 0. The topological polar surface area (TPSA) is 19.7 Å². The highest BCUT2D eigenvalue weighted by Crippen LogP contribution is 2.60. The summed E-state index contributed by atoms with van der Waals surface area (Å²) in [5.41, 5.74) is 33.6. The number of rotatable bonds is 10. The highest BCUT2D eigenvalue weighted by molar-refractivity contribution is 6.17. The van der Waals surface area contributed by atoms with Crippen LogP contribution in [0.15, 0.2) is 461 Å². The molecular formula is C118H76N4. The molecule has 26 rings (SSSR count). The second kappa shape index (κ2) is 27.4. The van der Waals surface area contributed by atoms with E-state index in [0.29, 0.717) is 0 Å². The van der Waals surface area contributed by atoms with Crippen LogP contribution in [0.5, 0.6) is 0 Å². The molecule has 4 aromatic heterocycles. The molecular weight excluding hydrogens is 1470 g/mol. The summed E-state index contributed by atoms with van der Waals surface area (Å²) in [4.78, 5) is 0. The third-order valence-corrected chi connectivity index (χ3v) is 26.7. The minimum absolute atomic E-state index is 0.479. The van der Waals surface area contributed by atoms with Crippen LogP contribution in [0.3, 0.4) is 0 Å². The van der Waals surface area contributed by atoms with Gasteiger partial charge >= 0.3 is 0 Å². The summed E-state index contributed by atoms with van der Waals surface area (Å²) < 4.78 is 9.77. The molecule has 4 nitrogen and oxygen atoms in total. The van der Waals surface area contributed by atoms with Crippen LogP contribution in [-0.2, 0) is 10.8 Å². The van der Waals surface area contributed by atoms with Crippen LogP contribution >= 0.6 is 0 Å². The average Bonchev–Trinajstić information content (AvgIpc) is 1.49. The summed E-state index contributed by atoms with van der Waals surface area (Å²) in [5, 5.41) is 15.0. The highest BCUT2D eigenvalue weighted by atomic mass is 15.0. The monoisotopic (exact) mass is 1550 g/mol. The first-order chi connectivity index (χ1) is 60.5. The molecule has 0 saturated heterocycles. The van der Waals surface area contributed by atoms with Crippen LogP contribution < -0.4 is 0 Å². The zero-order chi connectivity index (χ0) is 80.1. The molecule has 0 atom stereocenters. The lowest BCUT2D eigenvalue weighted by atomic mass is 9.67. The van der Waals surface area contributed by atoms with Gasteiger partial charge in [0.2, 0.25) is 0 Å². The standard InChI is InChI=1S/2C59H38N2/c1-4-18-43(19-5-1)59(44-20-6-2-7-21-44)53-26-14-12-24-47(53)49-38-58-52(37-54(49)59)51-36-42(30-33-57(51)60(58)45-22-8-3-9-23-45)41-29-32-56-50(35-41)48-25-13-15-27-55(48)61(56)46-31-28-39-16-10-11-17-40(39)34-46;1-4-18-43(19-5-1)59(44-20-6-2-7-21-44)53-26-14-12-24-47(53)49-37-52-51-36-42(30-33-57(51)60(58(52)38-54(49)59)45-22-8-3-9-23-45)41-29-32-56-50(35-41)48-25-13-15-27-55(48)61(56)46-31-28-39-16-10-11-17-40(39)34-46/h2*1-38H. The number of hydrogen-bond donors (Lipinski definition) is 0. The molecule has 4 heterocycles. The minimum Gasteiger partial charge on any atom is -0.309 e. The molecule has 568 valence electrons. The van der Waals surface area contributed by atoms with Gasteiger partial charge in [0.1, 0.15) is 0 Å². The lowest BCUT2D eigenvalue weighted by molar-refractivity contribution is 0.769. The van der Waals surface area contributed by atoms with Crippen molar-refractivity contribution in [2.45, 2.75) is 10.8 Å². The first-order valence-corrected chi connectivity index (χ1v) is 42.3. The van der Waals surface area contributed by atoms with Crippen LogP contribution in [0, 0.1) is 0 Å². The van der Waals surface area contributed by atoms with Crippen molar-refractivity contribution < 1.29 is 0 Å². The van der Waals surface area contributed by atoms with Crippen LogP contribution in [0.25, 0.3) is 176 Å². The Morgan fingerprint density at radius 3 is 0.836 bits per heavy atom. The van der Waals surface area contributed by atoms with Gasteiger partial charge in [-0.3, -0.25) is 0 Å². The van der Waals surface area contributed by atoms with Crippen molar-refractivity contribution >= 4 is 109 Å². The average molecular weight is 1550 g/mol. The summed E-state index contributed by atoms with van der Waals surface area (Å²) in [6.07, 6.45) is 0. The van der Waals surface area contributed by atoms with Crippen LogP contribution in [-0.4, -0.2) is 18.3 Å².